The van der Waals surface area contributed by atoms with E-state index in [2.05, 4.69) is 31.2 Å². The molecular formula is C21H37ClNO4-. The first-order valence-corrected chi connectivity index (χ1v) is 9.63. The fourth-order valence-electron chi connectivity index (χ4n) is 2.58. The van der Waals surface area contributed by atoms with Crippen LogP contribution in [0.25, 0.3) is 0 Å². The molecule has 0 aliphatic rings. The number of halogens is 1. The molecule has 0 aliphatic heterocycles. The van der Waals surface area contributed by atoms with Crippen molar-refractivity contribution in [2.75, 3.05) is 13.2 Å². The van der Waals surface area contributed by atoms with Crippen molar-refractivity contribution < 1.29 is 20.1 Å². The van der Waals surface area contributed by atoms with Crippen LogP contribution in [-0.4, -0.2) is 34.9 Å². The van der Waals surface area contributed by atoms with Gasteiger partial charge in [0.05, 0.1) is 18.8 Å². The summed E-state index contributed by atoms with van der Waals surface area (Å²) in [5.74, 6) is -1.08. The molecule has 1 aromatic carbocycles. The lowest BCUT2D eigenvalue weighted by atomic mass is 9.93. The number of aliphatic carboxylic acids is 1. The Kier molecular flexibility index (Phi) is 17.7. The number of hydrogen-bond acceptors (Lipinski definition) is 5. The molecule has 1 rings (SSSR count). The first-order valence-electron chi connectivity index (χ1n) is 9.63. The monoisotopic (exact) mass is 402 g/mol. The fraction of sp³-hybridized carbons (Fsp3) is 0.667. The zero-order valence-electron chi connectivity index (χ0n) is 16.8. The Morgan fingerprint density at radius 3 is 1.81 bits per heavy atom. The maximum absolute atomic E-state index is 9.20. The zero-order chi connectivity index (χ0) is 19.8. The third-order valence-corrected chi connectivity index (χ3v) is 4.38. The van der Waals surface area contributed by atoms with Gasteiger partial charge >= 0.3 is 0 Å². The first-order chi connectivity index (χ1) is 12.4. The van der Waals surface area contributed by atoms with Crippen molar-refractivity contribution in [1.82, 2.24) is 0 Å². The van der Waals surface area contributed by atoms with Crippen LogP contribution in [0.15, 0.2) is 24.3 Å². The molecule has 0 atom stereocenters. The van der Waals surface area contributed by atoms with E-state index in [1.165, 1.54) is 49.7 Å². The van der Waals surface area contributed by atoms with Gasteiger partial charge in [-0.25, -0.2) is 0 Å². The third kappa shape index (κ3) is 15.6. The SMILES string of the molecule is CC(=O)[O-].CCCCCCCCc1ccc(CCC(N)(CO)CO)cc1.Cl. The van der Waals surface area contributed by atoms with Crippen molar-refractivity contribution in [2.24, 2.45) is 5.73 Å². The van der Waals surface area contributed by atoms with Gasteiger partial charge in [0.1, 0.15) is 0 Å². The van der Waals surface area contributed by atoms with Crippen molar-refractivity contribution in [1.29, 1.82) is 0 Å². The number of carboxylic acid groups (broad SMARTS) is 1. The molecule has 0 saturated carbocycles. The van der Waals surface area contributed by atoms with Gasteiger partial charge in [0, 0.05) is 5.97 Å². The Bertz CT molecular complexity index is 472. The number of carboxylic acids is 1. The standard InChI is InChI=1S/C19H33NO2.C2H4O2.ClH/c1-2-3-4-5-6-7-8-17-9-11-18(12-10-17)13-14-19(20,15-21)16-22;1-2(3)4;/h9-12,21-22H,2-8,13-16,20H2,1H3;1H3,(H,3,4);1H/p-1. The lowest BCUT2D eigenvalue weighted by Crippen LogP contribution is -2.47. The molecule has 27 heavy (non-hydrogen) atoms. The van der Waals surface area contributed by atoms with Gasteiger partial charge in [-0.1, -0.05) is 63.3 Å². The molecule has 158 valence electrons. The number of carbonyl (C=O) groups is 1. The van der Waals surface area contributed by atoms with E-state index in [4.69, 9.17) is 15.6 Å². The fourth-order valence-corrected chi connectivity index (χ4v) is 2.58. The molecule has 0 aromatic heterocycles. The second-order valence-electron chi connectivity index (χ2n) is 7.00. The van der Waals surface area contributed by atoms with Crippen molar-refractivity contribution in [3.8, 4) is 0 Å². The Labute approximate surface area is 170 Å². The molecule has 0 radical (unpaired) electrons. The molecule has 0 amide bonds. The molecule has 4 N–H and O–H groups in total. The molecule has 0 spiro atoms. The summed E-state index contributed by atoms with van der Waals surface area (Å²) in [6.45, 7) is 2.86. The van der Waals surface area contributed by atoms with Crippen molar-refractivity contribution in [2.45, 2.75) is 77.2 Å². The lowest BCUT2D eigenvalue weighted by molar-refractivity contribution is -0.302. The van der Waals surface area contributed by atoms with Crippen LogP contribution >= 0.6 is 12.4 Å². The Hall–Kier alpha value is -1.14. The van der Waals surface area contributed by atoms with Crippen molar-refractivity contribution >= 4 is 18.4 Å². The molecule has 0 unspecified atom stereocenters. The molecule has 1 aromatic rings. The van der Waals surface area contributed by atoms with Gasteiger partial charge in [-0.2, -0.15) is 0 Å². The van der Waals surface area contributed by atoms with Crippen LogP contribution < -0.4 is 10.8 Å². The molecule has 5 nitrogen and oxygen atoms in total. The second kappa shape index (κ2) is 17.0. The van der Waals surface area contributed by atoms with Crippen LogP contribution in [0, 0.1) is 0 Å². The number of rotatable bonds is 12. The van der Waals surface area contributed by atoms with Crippen molar-refractivity contribution in [3.05, 3.63) is 35.4 Å². The number of unbranched alkanes of at least 4 members (excludes halogenated alkanes) is 5. The van der Waals surface area contributed by atoms with Gasteiger partial charge in [0.15, 0.2) is 0 Å². The largest absolute Gasteiger partial charge is 0.550 e. The number of aliphatic hydroxyl groups excluding tert-OH is 2. The van der Waals surface area contributed by atoms with E-state index in [0.29, 0.717) is 6.42 Å². The summed E-state index contributed by atoms with van der Waals surface area (Å²) in [6.07, 6.45) is 10.5. The number of aliphatic hydroxyl groups is 2. The highest BCUT2D eigenvalue weighted by molar-refractivity contribution is 5.85. The molecule has 0 fully saturated rings. The second-order valence-corrected chi connectivity index (χ2v) is 7.00. The van der Waals surface area contributed by atoms with Gasteiger partial charge < -0.3 is 25.8 Å². The van der Waals surface area contributed by atoms with Crippen molar-refractivity contribution in [3.63, 3.8) is 0 Å². The normalized spacial score (nSPS) is 10.6. The van der Waals surface area contributed by atoms with Crippen LogP contribution in [0.5, 0.6) is 0 Å². The van der Waals surface area contributed by atoms with Crippen LogP contribution in [0.2, 0.25) is 0 Å². The summed E-state index contributed by atoms with van der Waals surface area (Å²) in [7, 11) is 0. The Balaban J connectivity index is 0. The van der Waals surface area contributed by atoms with Crippen LogP contribution in [0.3, 0.4) is 0 Å². The Morgan fingerprint density at radius 1 is 0.963 bits per heavy atom. The number of benzene rings is 1. The van der Waals surface area contributed by atoms with Gasteiger partial charge in [-0.05, 0) is 43.7 Å². The maximum Gasteiger partial charge on any atom is 0.0633 e. The summed E-state index contributed by atoms with van der Waals surface area (Å²) in [6, 6.07) is 8.66. The van der Waals surface area contributed by atoms with E-state index in [9.17, 15) is 10.2 Å². The number of nitrogens with two attached hydrogens (primary N) is 1. The van der Waals surface area contributed by atoms with Gasteiger partial charge in [0.25, 0.3) is 0 Å². The summed E-state index contributed by atoms with van der Waals surface area (Å²) in [5.41, 5.74) is 7.63. The van der Waals surface area contributed by atoms with E-state index < -0.39 is 11.5 Å². The highest BCUT2D eigenvalue weighted by atomic mass is 35.5. The van der Waals surface area contributed by atoms with Gasteiger partial charge in [0.2, 0.25) is 0 Å². The van der Waals surface area contributed by atoms with Crippen LogP contribution in [0.1, 0.15) is 69.9 Å². The predicted molar refractivity (Wildman–Crippen MR) is 111 cm³/mol. The average Bonchev–Trinajstić information content (AvgIpc) is 2.63. The first kappa shape index (κ1) is 28.1. The molecule has 0 aliphatic carbocycles. The van der Waals surface area contributed by atoms with E-state index in [0.717, 1.165) is 19.8 Å². The smallest absolute Gasteiger partial charge is 0.0633 e. The summed E-state index contributed by atoms with van der Waals surface area (Å²) < 4.78 is 0. The summed E-state index contributed by atoms with van der Waals surface area (Å²) in [5, 5.41) is 27.3. The van der Waals surface area contributed by atoms with E-state index in [1.807, 2.05) is 0 Å². The number of carbonyl (C=O) groups excluding carboxylic acids is 1. The molecular weight excluding hydrogens is 366 g/mol. The lowest BCUT2D eigenvalue weighted by Gasteiger charge is -2.24. The highest BCUT2D eigenvalue weighted by Gasteiger charge is 2.22. The maximum atomic E-state index is 9.20. The number of aryl methyl sites for hydroxylation is 2. The quantitative estimate of drug-likeness (QED) is 0.465. The third-order valence-electron chi connectivity index (χ3n) is 4.38. The zero-order valence-corrected chi connectivity index (χ0v) is 17.6. The topological polar surface area (TPSA) is 107 Å². The number of hydrogen-bond donors (Lipinski definition) is 3. The molecule has 0 heterocycles. The minimum absolute atomic E-state index is 0. The Morgan fingerprint density at radius 2 is 1.37 bits per heavy atom. The van der Waals surface area contributed by atoms with Gasteiger partial charge in [-0.3, -0.25) is 0 Å². The average molecular weight is 403 g/mol. The van der Waals surface area contributed by atoms with Gasteiger partial charge in [-0.15, -0.1) is 12.4 Å². The highest BCUT2D eigenvalue weighted by Crippen LogP contribution is 2.14. The molecule has 0 saturated heterocycles. The van der Waals surface area contributed by atoms with E-state index >= 15 is 0 Å². The van der Waals surface area contributed by atoms with Crippen LogP contribution in [-0.2, 0) is 17.6 Å². The summed E-state index contributed by atoms with van der Waals surface area (Å²) in [4.78, 5) is 8.89. The summed E-state index contributed by atoms with van der Waals surface area (Å²) >= 11 is 0. The minimum atomic E-state index is -1.08. The molecule has 0 bridgehead atoms. The van der Waals surface area contributed by atoms with Crippen LogP contribution in [0.4, 0.5) is 0 Å². The molecule has 6 heteroatoms. The van der Waals surface area contributed by atoms with E-state index in [1.54, 1.807) is 0 Å². The minimum Gasteiger partial charge on any atom is -0.550 e. The van der Waals surface area contributed by atoms with E-state index in [-0.39, 0.29) is 25.6 Å². The predicted octanol–water partition coefficient (Wildman–Crippen LogP) is 2.38.